The van der Waals surface area contributed by atoms with Crippen LogP contribution >= 0.6 is 0 Å². The van der Waals surface area contributed by atoms with E-state index in [-0.39, 0.29) is 10.6 Å². The van der Waals surface area contributed by atoms with Gasteiger partial charge in [-0.15, -0.1) is 0 Å². The van der Waals surface area contributed by atoms with Crippen molar-refractivity contribution in [2.24, 2.45) is 5.10 Å². The van der Waals surface area contributed by atoms with Crippen LogP contribution in [0.15, 0.2) is 69.0 Å². The molecular formula is C19H17N3O5S. The lowest BCUT2D eigenvalue weighted by Crippen LogP contribution is -2.19. The first kappa shape index (κ1) is 19.3. The molecule has 3 rings (SSSR count). The van der Waals surface area contributed by atoms with E-state index in [2.05, 4.69) is 9.93 Å². The normalized spacial score (nSPS) is 11.6. The molecule has 2 aromatic carbocycles. The highest BCUT2D eigenvalue weighted by molar-refractivity contribution is 7.89. The van der Waals surface area contributed by atoms with E-state index in [0.29, 0.717) is 22.6 Å². The Morgan fingerprint density at radius 2 is 1.79 bits per heavy atom. The molecule has 144 valence electrons. The van der Waals surface area contributed by atoms with Crippen molar-refractivity contribution in [3.63, 3.8) is 0 Å². The Hall–Kier alpha value is -3.46. The zero-order valence-electron chi connectivity index (χ0n) is 15.1. The third-order valence-corrected chi connectivity index (χ3v) is 5.35. The standard InChI is InChI=1S/C19H17N3O5S/c1-13-3-4-14(2)19(11-13)28(25,26)21-20-12-17-9-10-18(27-17)15-5-7-16(8-6-15)22(23)24/h3-12,21H,1-2H3/b20-12-. The number of nitrogens with zero attached hydrogens (tertiary/aromatic N) is 2. The molecule has 28 heavy (non-hydrogen) atoms. The van der Waals surface area contributed by atoms with Gasteiger partial charge in [-0.1, -0.05) is 12.1 Å². The highest BCUT2D eigenvalue weighted by Crippen LogP contribution is 2.24. The maximum absolute atomic E-state index is 12.4. The molecule has 0 saturated carbocycles. The number of sulfonamides is 1. The van der Waals surface area contributed by atoms with E-state index in [1.54, 1.807) is 43.3 Å². The molecule has 3 aromatic rings. The first-order valence-electron chi connectivity index (χ1n) is 8.23. The molecule has 0 aliphatic heterocycles. The summed E-state index contributed by atoms with van der Waals surface area (Å²) in [7, 11) is -3.80. The zero-order valence-corrected chi connectivity index (χ0v) is 15.9. The van der Waals surface area contributed by atoms with E-state index in [4.69, 9.17) is 4.42 Å². The summed E-state index contributed by atoms with van der Waals surface area (Å²) in [5.74, 6) is 0.811. The molecule has 8 nitrogen and oxygen atoms in total. The lowest BCUT2D eigenvalue weighted by molar-refractivity contribution is -0.384. The number of benzene rings is 2. The van der Waals surface area contributed by atoms with Crippen LogP contribution in [0.1, 0.15) is 16.9 Å². The molecule has 0 aliphatic rings. The van der Waals surface area contributed by atoms with Gasteiger partial charge in [-0.05, 0) is 55.3 Å². The van der Waals surface area contributed by atoms with Crippen molar-refractivity contribution in [2.75, 3.05) is 0 Å². The van der Waals surface area contributed by atoms with E-state index < -0.39 is 14.9 Å². The first-order chi connectivity index (χ1) is 13.3. The van der Waals surface area contributed by atoms with Crippen molar-refractivity contribution >= 4 is 21.9 Å². The monoisotopic (exact) mass is 399 g/mol. The van der Waals surface area contributed by atoms with Gasteiger partial charge in [-0.2, -0.15) is 18.4 Å². The Labute approximate surface area is 161 Å². The first-order valence-corrected chi connectivity index (χ1v) is 9.71. The predicted molar refractivity (Wildman–Crippen MR) is 105 cm³/mol. The lowest BCUT2D eigenvalue weighted by Gasteiger charge is -2.07. The molecule has 9 heteroatoms. The Morgan fingerprint density at radius 1 is 1.07 bits per heavy atom. The Kier molecular flexibility index (Phi) is 5.27. The number of hydrogen-bond acceptors (Lipinski definition) is 6. The molecule has 0 spiro atoms. The third-order valence-electron chi connectivity index (χ3n) is 3.99. The van der Waals surface area contributed by atoms with Crippen LogP contribution in [0.5, 0.6) is 0 Å². The molecule has 0 amide bonds. The summed E-state index contributed by atoms with van der Waals surface area (Å²) in [4.78, 5) is 12.6. The highest BCUT2D eigenvalue weighted by Gasteiger charge is 2.16. The van der Waals surface area contributed by atoms with Crippen LogP contribution in [0.3, 0.4) is 0 Å². The SMILES string of the molecule is Cc1ccc(C)c(S(=O)(=O)N/N=C\c2ccc(-c3ccc([N+](=O)[O-])cc3)o2)c1. The van der Waals surface area contributed by atoms with Gasteiger partial charge in [0.05, 0.1) is 16.0 Å². The van der Waals surface area contributed by atoms with Crippen LogP contribution < -0.4 is 4.83 Å². The smallest absolute Gasteiger partial charge is 0.276 e. The van der Waals surface area contributed by atoms with Crippen molar-refractivity contribution in [3.05, 3.63) is 81.6 Å². The van der Waals surface area contributed by atoms with Crippen LogP contribution in [-0.2, 0) is 10.0 Å². The van der Waals surface area contributed by atoms with E-state index >= 15 is 0 Å². The molecule has 0 aliphatic carbocycles. The summed E-state index contributed by atoms with van der Waals surface area (Å²) in [6.07, 6.45) is 1.25. The maximum Gasteiger partial charge on any atom is 0.276 e. The Balaban J connectivity index is 1.73. The molecule has 0 fully saturated rings. The minimum Gasteiger partial charge on any atom is -0.455 e. The molecular weight excluding hydrogens is 382 g/mol. The van der Waals surface area contributed by atoms with Crippen molar-refractivity contribution in [2.45, 2.75) is 18.7 Å². The van der Waals surface area contributed by atoms with E-state index in [1.165, 1.54) is 18.3 Å². The van der Waals surface area contributed by atoms with Gasteiger partial charge in [0, 0.05) is 17.7 Å². The van der Waals surface area contributed by atoms with Gasteiger partial charge < -0.3 is 4.42 Å². The summed E-state index contributed by atoms with van der Waals surface area (Å²) >= 11 is 0. The molecule has 0 atom stereocenters. The maximum atomic E-state index is 12.4. The van der Waals surface area contributed by atoms with Crippen LogP contribution in [0, 0.1) is 24.0 Å². The molecule has 1 heterocycles. The molecule has 0 saturated heterocycles. The van der Waals surface area contributed by atoms with Gasteiger partial charge in [-0.25, -0.2) is 0 Å². The minimum atomic E-state index is -3.80. The number of nitro groups is 1. The van der Waals surface area contributed by atoms with Crippen molar-refractivity contribution < 1.29 is 17.8 Å². The number of hydrogen-bond donors (Lipinski definition) is 1. The molecule has 1 aromatic heterocycles. The lowest BCUT2D eigenvalue weighted by atomic mass is 10.1. The number of aryl methyl sites for hydroxylation is 2. The molecule has 0 bridgehead atoms. The van der Waals surface area contributed by atoms with Crippen LogP contribution in [0.2, 0.25) is 0 Å². The summed E-state index contributed by atoms with van der Waals surface area (Å²) < 4.78 is 30.4. The van der Waals surface area contributed by atoms with Crippen LogP contribution in [0.25, 0.3) is 11.3 Å². The van der Waals surface area contributed by atoms with Crippen LogP contribution in [0.4, 0.5) is 5.69 Å². The summed E-state index contributed by atoms with van der Waals surface area (Å²) in [5, 5.41) is 14.5. The van der Waals surface area contributed by atoms with E-state index in [0.717, 1.165) is 5.56 Å². The van der Waals surface area contributed by atoms with Gasteiger partial charge in [0.15, 0.2) is 0 Å². The minimum absolute atomic E-state index is 0.0158. The van der Waals surface area contributed by atoms with E-state index in [9.17, 15) is 18.5 Å². The van der Waals surface area contributed by atoms with Gasteiger partial charge in [-0.3, -0.25) is 10.1 Å². The average molecular weight is 399 g/mol. The van der Waals surface area contributed by atoms with Gasteiger partial charge in [0.1, 0.15) is 11.5 Å². The second kappa shape index (κ2) is 7.65. The molecule has 1 N–H and O–H groups in total. The number of nitro benzene ring substituents is 1. The van der Waals surface area contributed by atoms with E-state index in [1.807, 2.05) is 13.0 Å². The fourth-order valence-corrected chi connectivity index (χ4v) is 3.65. The van der Waals surface area contributed by atoms with Crippen LogP contribution in [-0.4, -0.2) is 19.6 Å². The molecule has 0 radical (unpaired) electrons. The number of furan rings is 1. The number of nitrogens with one attached hydrogen (secondary N) is 1. The Bertz CT molecular complexity index is 1150. The van der Waals surface area contributed by atoms with Crippen molar-refractivity contribution in [1.82, 2.24) is 4.83 Å². The summed E-state index contributed by atoms with van der Waals surface area (Å²) in [6.45, 7) is 3.52. The average Bonchev–Trinajstić information content (AvgIpc) is 3.12. The van der Waals surface area contributed by atoms with Crippen molar-refractivity contribution in [1.29, 1.82) is 0 Å². The summed E-state index contributed by atoms with van der Waals surface area (Å²) in [6, 6.07) is 14.3. The third kappa shape index (κ3) is 4.26. The zero-order chi connectivity index (χ0) is 20.3. The highest BCUT2D eigenvalue weighted by atomic mass is 32.2. The summed E-state index contributed by atoms with van der Waals surface area (Å²) in [5.41, 5.74) is 2.08. The quantitative estimate of drug-likeness (QED) is 0.385. The second-order valence-corrected chi connectivity index (χ2v) is 7.76. The predicted octanol–water partition coefficient (Wildman–Crippen LogP) is 3.78. The van der Waals surface area contributed by atoms with Gasteiger partial charge >= 0.3 is 0 Å². The fraction of sp³-hybridized carbons (Fsp3) is 0.105. The largest absolute Gasteiger partial charge is 0.455 e. The topological polar surface area (TPSA) is 115 Å². The number of hydrazone groups is 1. The second-order valence-electron chi connectivity index (χ2n) is 6.13. The molecule has 0 unspecified atom stereocenters. The van der Waals surface area contributed by atoms with Gasteiger partial charge in [0.25, 0.3) is 15.7 Å². The number of rotatable bonds is 6. The van der Waals surface area contributed by atoms with Crippen molar-refractivity contribution in [3.8, 4) is 11.3 Å². The van der Waals surface area contributed by atoms with Gasteiger partial charge in [0.2, 0.25) is 0 Å². The Morgan fingerprint density at radius 3 is 2.46 bits per heavy atom. The fourth-order valence-electron chi connectivity index (χ4n) is 2.53. The number of non-ortho nitro benzene ring substituents is 1.